The molecule has 1 N–H and O–H groups in total. The summed E-state index contributed by atoms with van der Waals surface area (Å²) in [6.07, 6.45) is 0.446. The first kappa shape index (κ1) is 15.5. The van der Waals surface area contributed by atoms with E-state index in [0.717, 1.165) is 5.75 Å². The van der Waals surface area contributed by atoms with Crippen LogP contribution in [0.4, 0.5) is 0 Å². The van der Waals surface area contributed by atoms with Gasteiger partial charge in [0.15, 0.2) is 0 Å². The number of hydrogen-bond acceptors (Lipinski definition) is 4. The zero-order valence-electron chi connectivity index (χ0n) is 12.1. The molecule has 0 radical (unpaired) electrons. The van der Waals surface area contributed by atoms with Crippen LogP contribution in [0.15, 0.2) is 30.3 Å². The van der Waals surface area contributed by atoms with Crippen molar-refractivity contribution >= 4 is 5.97 Å². The van der Waals surface area contributed by atoms with E-state index < -0.39 is 5.54 Å². The van der Waals surface area contributed by atoms with Crippen LogP contribution in [-0.2, 0) is 9.53 Å². The maximum Gasteiger partial charge on any atom is 0.326 e. The van der Waals surface area contributed by atoms with Gasteiger partial charge in [-0.05, 0) is 40.0 Å². The molecule has 0 spiro atoms. The summed E-state index contributed by atoms with van der Waals surface area (Å²) in [5.74, 6) is 0.554. The van der Waals surface area contributed by atoms with Crippen molar-refractivity contribution in [1.29, 1.82) is 0 Å². The second-order valence-corrected chi connectivity index (χ2v) is 4.75. The van der Waals surface area contributed by atoms with Crippen LogP contribution in [0.1, 0.15) is 27.2 Å². The summed E-state index contributed by atoms with van der Waals surface area (Å²) in [4.78, 5) is 11.9. The fourth-order valence-corrected chi connectivity index (χ4v) is 1.93. The van der Waals surface area contributed by atoms with E-state index in [4.69, 9.17) is 9.47 Å². The van der Waals surface area contributed by atoms with Crippen LogP contribution in [0.2, 0.25) is 0 Å². The van der Waals surface area contributed by atoms with E-state index in [1.807, 2.05) is 44.2 Å². The molecule has 0 heterocycles. The van der Waals surface area contributed by atoms with Crippen molar-refractivity contribution in [3.8, 4) is 5.75 Å². The molecule has 0 aromatic heterocycles. The second-order valence-electron chi connectivity index (χ2n) is 4.75. The number of ether oxygens (including phenoxy) is 2. The summed E-state index contributed by atoms with van der Waals surface area (Å²) < 4.78 is 10.9. The normalized spacial score (nSPS) is 15.4. The molecule has 0 aliphatic carbocycles. The lowest BCUT2D eigenvalue weighted by molar-refractivity contribution is -0.151. The fraction of sp³-hybridized carbons (Fsp3) is 0.533. The first-order chi connectivity index (χ1) is 9.01. The Morgan fingerprint density at radius 3 is 2.53 bits per heavy atom. The average Bonchev–Trinajstić information content (AvgIpc) is 2.39. The van der Waals surface area contributed by atoms with Crippen LogP contribution >= 0.6 is 0 Å². The zero-order chi connectivity index (χ0) is 14.3. The van der Waals surface area contributed by atoms with Gasteiger partial charge in [0.05, 0.1) is 12.7 Å². The molecular weight excluding hydrogens is 242 g/mol. The lowest BCUT2D eigenvalue weighted by Gasteiger charge is -2.29. The molecule has 1 aromatic rings. The molecular formula is C15H23NO3. The number of para-hydroxylation sites is 1. The Balaban J connectivity index is 2.62. The molecule has 0 aliphatic heterocycles. The predicted molar refractivity (Wildman–Crippen MR) is 75.2 cm³/mol. The number of carbonyl (C=O) groups is 1. The lowest BCUT2D eigenvalue weighted by atomic mass is 9.95. The Morgan fingerprint density at radius 1 is 1.37 bits per heavy atom. The van der Waals surface area contributed by atoms with Crippen molar-refractivity contribution < 1.29 is 14.3 Å². The quantitative estimate of drug-likeness (QED) is 0.769. The summed E-state index contributed by atoms with van der Waals surface area (Å²) in [6.45, 7) is 5.96. The molecule has 0 aliphatic rings. The summed E-state index contributed by atoms with van der Waals surface area (Å²) in [5.41, 5.74) is -0.732. The van der Waals surface area contributed by atoms with E-state index in [9.17, 15) is 4.79 Å². The number of hydrogen-bond donors (Lipinski definition) is 1. The smallest absolute Gasteiger partial charge is 0.326 e. The predicted octanol–water partition coefficient (Wildman–Crippen LogP) is 2.39. The van der Waals surface area contributed by atoms with Crippen molar-refractivity contribution in [2.75, 3.05) is 13.7 Å². The average molecular weight is 265 g/mol. The maximum atomic E-state index is 11.9. The van der Waals surface area contributed by atoms with E-state index in [0.29, 0.717) is 13.0 Å². The summed E-state index contributed by atoms with van der Waals surface area (Å²) in [5, 5.41) is 3.03. The Labute approximate surface area is 115 Å². The summed E-state index contributed by atoms with van der Waals surface area (Å²) in [7, 11) is 1.76. The SMILES string of the molecule is CCOC(=O)C(C)(CC(C)Oc1ccccc1)NC. The largest absolute Gasteiger partial charge is 0.491 e. The van der Waals surface area contributed by atoms with Crippen molar-refractivity contribution in [1.82, 2.24) is 5.32 Å². The molecule has 1 aromatic carbocycles. The summed E-state index contributed by atoms with van der Waals surface area (Å²) >= 11 is 0. The number of rotatable bonds is 7. The number of esters is 1. The van der Waals surface area contributed by atoms with Gasteiger partial charge in [0.1, 0.15) is 11.3 Å². The highest BCUT2D eigenvalue weighted by molar-refractivity contribution is 5.80. The third-order valence-corrected chi connectivity index (χ3v) is 3.05. The van der Waals surface area contributed by atoms with Gasteiger partial charge >= 0.3 is 5.97 Å². The summed E-state index contributed by atoms with van der Waals surface area (Å²) in [6, 6.07) is 9.58. The molecule has 106 valence electrons. The minimum Gasteiger partial charge on any atom is -0.491 e. The molecule has 4 heteroatoms. The van der Waals surface area contributed by atoms with Crippen LogP contribution in [0.25, 0.3) is 0 Å². The molecule has 1 rings (SSSR count). The van der Waals surface area contributed by atoms with Crippen LogP contribution in [0.5, 0.6) is 5.75 Å². The fourth-order valence-electron chi connectivity index (χ4n) is 1.93. The third-order valence-electron chi connectivity index (χ3n) is 3.05. The maximum absolute atomic E-state index is 11.9. The van der Waals surface area contributed by atoms with E-state index in [1.54, 1.807) is 14.0 Å². The van der Waals surface area contributed by atoms with Crippen molar-refractivity contribution in [3.05, 3.63) is 30.3 Å². The minimum absolute atomic E-state index is 0.0933. The van der Waals surface area contributed by atoms with Crippen LogP contribution in [0, 0.1) is 0 Å². The minimum atomic E-state index is -0.732. The first-order valence-corrected chi connectivity index (χ1v) is 6.59. The van der Waals surface area contributed by atoms with Crippen molar-refractivity contribution in [2.24, 2.45) is 0 Å². The molecule has 0 saturated carbocycles. The van der Waals surface area contributed by atoms with Gasteiger partial charge in [-0.3, -0.25) is 4.79 Å². The van der Waals surface area contributed by atoms with Gasteiger partial charge in [-0.2, -0.15) is 0 Å². The number of likely N-dealkylation sites (N-methyl/N-ethyl adjacent to an activating group) is 1. The standard InChI is InChI=1S/C15H23NO3/c1-5-18-14(17)15(3,16-4)11-12(2)19-13-9-7-6-8-10-13/h6-10,12,16H,5,11H2,1-4H3. The Kier molecular flexibility index (Phi) is 5.83. The van der Waals surface area contributed by atoms with Crippen LogP contribution in [-0.4, -0.2) is 31.3 Å². The van der Waals surface area contributed by atoms with Gasteiger partial charge in [0.25, 0.3) is 0 Å². The lowest BCUT2D eigenvalue weighted by Crippen LogP contribution is -2.51. The molecule has 4 nitrogen and oxygen atoms in total. The van der Waals surface area contributed by atoms with Crippen LogP contribution in [0.3, 0.4) is 0 Å². The number of nitrogens with one attached hydrogen (secondary N) is 1. The third kappa shape index (κ3) is 4.56. The second kappa shape index (κ2) is 7.14. The Hall–Kier alpha value is -1.55. The highest BCUT2D eigenvalue weighted by atomic mass is 16.5. The first-order valence-electron chi connectivity index (χ1n) is 6.59. The topological polar surface area (TPSA) is 47.6 Å². The molecule has 0 amide bonds. The van der Waals surface area contributed by atoms with Crippen molar-refractivity contribution in [3.63, 3.8) is 0 Å². The Bertz CT molecular complexity index is 394. The molecule has 2 unspecified atom stereocenters. The van der Waals surface area contributed by atoms with E-state index >= 15 is 0 Å². The molecule has 0 bridgehead atoms. The van der Waals surface area contributed by atoms with E-state index in [2.05, 4.69) is 5.32 Å². The Morgan fingerprint density at radius 2 is 2.00 bits per heavy atom. The van der Waals surface area contributed by atoms with Gasteiger partial charge in [0.2, 0.25) is 0 Å². The molecule has 0 saturated heterocycles. The van der Waals surface area contributed by atoms with Gasteiger partial charge in [-0.1, -0.05) is 18.2 Å². The number of carbonyl (C=O) groups excluding carboxylic acids is 1. The molecule has 19 heavy (non-hydrogen) atoms. The molecule has 0 fully saturated rings. The van der Waals surface area contributed by atoms with Gasteiger partial charge in [-0.15, -0.1) is 0 Å². The highest BCUT2D eigenvalue weighted by Crippen LogP contribution is 2.19. The van der Waals surface area contributed by atoms with E-state index in [1.165, 1.54) is 0 Å². The number of benzene rings is 1. The molecule has 2 atom stereocenters. The van der Waals surface area contributed by atoms with E-state index in [-0.39, 0.29) is 12.1 Å². The monoisotopic (exact) mass is 265 g/mol. The van der Waals surface area contributed by atoms with Gasteiger partial charge < -0.3 is 14.8 Å². The highest BCUT2D eigenvalue weighted by Gasteiger charge is 2.35. The van der Waals surface area contributed by atoms with Gasteiger partial charge in [0, 0.05) is 6.42 Å². The van der Waals surface area contributed by atoms with Crippen molar-refractivity contribution in [2.45, 2.75) is 38.8 Å². The van der Waals surface area contributed by atoms with Crippen LogP contribution < -0.4 is 10.1 Å². The zero-order valence-corrected chi connectivity index (χ0v) is 12.1. The van der Waals surface area contributed by atoms with Gasteiger partial charge in [-0.25, -0.2) is 0 Å².